The summed E-state index contributed by atoms with van der Waals surface area (Å²) in [7, 11) is 0. The largest absolute Gasteiger partial charge is 0.354 e. The Morgan fingerprint density at radius 3 is 2.65 bits per heavy atom. The lowest BCUT2D eigenvalue weighted by Gasteiger charge is -2.12. The van der Waals surface area contributed by atoms with Gasteiger partial charge in [0.05, 0.1) is 5.69 Å². The monoisotopic (exact) mass is 384 g/mol. The van der Waals surface area contributed by atoms with E-state index >= 15 is 0 Å². The van der Waals surface area contributed by atoms with E-state index in [-0.39, 0.29) is 11.9 Å². The van der Waals surface area contributed by atoms with Crippen LogP contribution in [0.1, 0.15) is 25.8 Å². The Labute approximate surface area is 163 Å². The summed E-state index contributed by atoms with van der Waals surface area (Å²) in [6.45, 7) is 3.58. The number of carbonyl (C=O) groups excluding carboxylic acids is 1. The fourth-order valence-electron chi connectivity index (χ4n) is 2.80. The molecule has 26 heavy (non-hydrogen) atoms. The Balaban J connectivity index is 1.66. The van der Waals surface area contributed by atoms with E-state index in [2.05, 4.69) is 35.0 Å². The lowest BCUT2D eigenvalue weighted by atomic mass is 10.0. The second-order valence-corrected chi connectivity index (χ2v) is 7.68. The molecular formula is C21H21ClN2OS. The number of aryl methyl sites for hydroxylation is 1. The minimum atomic E-state index is 0.0203. The third kappa shape index (κ3) is 4.93. The van der Waals surface area contributed by atoms with Gasteiger partial charge in [0.25, 0.3) is 0 Å². The zero-order valence-corrected chi connectivity index (χ0v) is 16.4. The molecule has 1 N–H and O–H groups in total. The molecule has 0 aliphatic heterocycles. The van der Waals surface area contributed by atoms with Crippen LogP contribution < -0.4 is 5.32 Å². The molecule has 0 spiro atoms. The maximum atomic E-state index is 11.1. The zero-order chi connectivity index (χ0) is 18.5. The highest BCUT2D eigenvalue weighted by Gasteiger charge is 2.08. The summed E-state index contributed by atoms with van der Waals surface area (Å²) in [5.41, 5.74) is 4.38. The minimum Gasteiger partial charge on any atom is -0.354 e. The first-order chi connectivity index (χ1) is 12.5. The molecule has 3 nitrogen and oxygen atoms in total. The molecule has 134 valence electrons. The van der Waals surface area contributed by atoms with Crippen molar-refractivity contribution in [3.8, 4) is 21.8 Å². The van der Waals surface area contributed by atoms with Crippen molar-refractivity contribution >= 4 is 28.8 Å². The third-order valence-corrected chi connectivity index (χ3v) is 5.27. The van der Waals surface area contributed by atoms with E-state index in [1.54, 1.807) is 18.3 Å². The summed E-state index contributed by atoms with van der Waals surface area (Å²) in [4.78, 5) is 15.8. The van der Waals surface area contributed by atoms with E-state index in [9.17, 15) is 4.79 Å². The normalized spacial score (nSPS) is 12.0. The topological polar surface area (TPSA) is 42.0 Å². The lowest BCUT2D eigenvalue weighted by molar-refractivity contribution is -0.119. The van der Waals surface area contributed by atoms with Gasteiger partial charge in [-0.2, -0.15) is 0 Å². The first-order valence-electron chi connectivity index (χ1n) is 8.59. The molecule has 1 amide bonds. The van der Waals surface area contributed by atoms with Crippen molar-refractivity contribution in [2.45, 2.75) is 32.7 Å². The molecule has 5 heteroatoms. The molecule has 0 saturated carbocycles. The van der Waals surface area contributed by atoms with Crippen LogP contribution in [-0.2, 0) is 11.2 Å². The maximum absolute atomic E-state index is 11.1. The Morgan fingerprint density at radius 2 is 1.96 bits per heavy atom. The molecule has 0 fully saturated rings. The van der Waals surface area contributed by atoms with Gasteiger partial charge in [0, 0.05) is 34.5 Å². The molecule has 1 atom stereocenters. The predicted octanol–water partition coefficient (Wildman–Crippen LogP) is 5.59. The predicted molar refractivity (Wildman–Crippen MR) is 110 cm³/mol. The van der Waals surface area contributed by atoms with E-state index < -0.39 is 0 Å². The first-order valence-corrected chi connectivity index (χ1v) is 9.85. The van der Waals surface area contributed by atoms with E-state index in [0.717, 1.165) is 39.7 Å². The smallest absolute Gasteiger partial charge is 0.217 e. The van der Waals surface area contributed by atoms with Crippen LogP contribution >= 0.6 is 22.9 Å². The van der Waals surface area contributed by atoms with Crippen molar-refractivity contribution in [2.75, 3.05) is 0 Å². The summed E-state index contributed by atoms with van der Waals surface area (Å²) in [6.07, 6.45) is 1.86. The molecule has 1 aromatic heterocycles. The molecule has 0 bridgehead atoms. The van der Waals surface area contributed by atoms with Gasteiger partial charge >= 0.3 is 0 Å². The number of amides is 1. The van der Waals surface area contributed by atoms with Gasteiger partial charge in [-0.15, -0.1) is 11.3 Å². The van der Waals surface area contributed by atoms with E-state index in [1.807, 2.05) is 31.2 Å². The molecule has 0 unspecified atom stereocenters. The molecule has 0 aliphatic carbocycles. The van der Waals surface area contributed by atoms with Crippen LogP contribution in [0.3, 0.4) is 0 Å². The van der Waals surface area contributed by atoms with Gasteiger partial charge in [0.1, 0.15) is 5.01 Å². The first kappa shape index (κ1) is 18.6. The Morgan fingerprint density at radius 1 is 1.19 bits per heavy atom. The standard InChI is InChI=1S/C21H21ClN2OS/c1-14(23-15(2)25)6-7-16-8-10-17(11-9-16)20-13-26-21(24-20)18-4-3-5-19(22)12-18/h3-5,8-14H,6-7H2,1-2H3,(H,23,25)/t14-/m0/s1. The second-order valence-electron chi connectivity index (χ2n) is 6.39. The van der Waals surface area contributed by atoms with Gasteiger partial charge in [-0.3, -0.25) is 4.79 Å². The number of hydrogen-bond acceptors (Lipinski definition) is 3. The molecule has 3 aromatic rings. The Hall–Kier alpha value is -2.17. The molecular weight excluding hydrogens is 364 g/mol. The van der Waals surface area contributed by atoms with E-state index in [4.69, 9.17) is 16.6 Å². The molecule has 1 heterocycles. The van der Waals surface area contributed by atoms with Crippen LogP contribution in [0.15, 0.2) is 53.9 Å². The van der Waals surface area contributed by atoms with Crippen LogP contribution in [-0.4, -0.2) is 16.9 Å². The van der Waals surface area contributed by atoms with Gasteiger partial charge in [-0.05, 0) is 37.5 Å². The van der Waals surface area contributed by atoms with Crippen LogP contribution in [0, 0.1) is 0 Å². The van der Waals surface area contributed by atoms with Crippen molar-refractivity contribution in [2.24, 2.45) is 0 Å². The van der Waals surface area contributed by atoms with Crippen LogP contribution in [0.25, 0.3) is 21.8 Å². The zero-order valence-electron chi connectivity index (χ0n) is 14.8. The van der Waals surface area contributed by atoms with Gasteiger partial charge < -0.3 is 5.32 Å². The van der Waals surface area contributed by atoms with Gasteiger partial charge in [0.15, 0.2) is 0 Å². The summed E-state index contributed by atoms with van der Waals surface area (Å²) in [5.74, 6) is 0.0203. The van der Waals surface area contributed by atoms with Gasteiger partial charge in [-0.25, -0.2) is 4.98 Å². The number of halogens is 1. The average Bonchev–Trinajstić information content (AvgIpc) is 3.10. The third-order valence-electron chi connectivity index (χ3n) is 4.14. The lowest BCUT2D eigenvalue weighted by Crippen LogP contribution is -2.30. The fourth-order valence-corrected chi connectivity index (χ4v) is 3.82. The van der Waals surface area contributed by atoms with Crippen molar-refractivity contribution in [1.82, 2.24) is 10.3 Å². The SMILES string of the molecule is CC(=O)N[C@@H](C)CCc1ccc(-c2csc(-c3cccc(Cl)c3)n2)cc1. The molecule has 2 aromatic carbocycles. The number of benzene rings is 2. The van der Waals surface area contributed by atoms with Crippen molar-refractivity contribution in [3.05, 3.63) is 64.5 Å². The molecule has 0 radical (unpaired) electrons. The fraction of sp³-hybridized carbons (Fsp3) is 0.238. The highest BCUT2D eigenvalue weighted by Crippen LogP contribution is 2.30. The number of hydrogen-bond donors (Lipinski definition) is 1. The van der Waals surface area contributed by atoms with Crippen LogP contribution in [0.2, 0.25) is 5.02 Å². The van der Waals surface area contributed by atoms with E-state index in [1.165, 1.54) is 5.56 Å². The maximum Gasteiger partial charge on any atom is 0.217 e. The molecule has 0 aliphatic rings. The number of aromatic nitrogens is 1. The Kier molecular flexibility index (Phi) is 6.07. The molecule has 3 rings (SSSR count). The van der Waals surface area contributed by atoms with Crippen molar-refractivity contribution in [1.29, 1.82) is 0 Å². The number of carbonyl (C=O) groups is 1. The van der Waals surface area contributed by atoms with Gasteiger partial charge in [-0.1, -0.05) is 48.0 Å². The number of nitrogens with zero attached hydrogens (tertiary/aromatic N) is 1. The van der Waals surface area contributed by atoms with E-state index in [0.29, 0.717) is 0 Å². The van der Waals surface area contributed by atoms with Crippen molar-refractivity contribution in [3.63, 3.8) is 0 Å². The number of nitrogens with one attached hydrogen (secondary N) is 1. The Bertz CT molecular complexity index is 889. The number of rotatable bonds is 6. The summed E-state index contributed by atoms with van der Waals surface area (Å²) in [6, 6.07) is 16.4. The van der Waals surface area contributed by atoms with Crippen LogP contribution in [0.4, 0.5) is 0 Å². The summed E-state index contributed by atoms with van der Waals surface area (Å²) < 4.78 is 0. The molecule has 0 saturated heterocycles. The number of thiazole rings is 1. The highest BCUT2D eigenvalue weighted by molar-refractivity contribution is 7.13. The van der Waals surface area contributed by atoms with Crippen LogP contribution in [0.5, 0.6) is 0 Å². The summed E-state index contributed by atoms with van der Waals surface area (Å²) >= 11 is 7.69. The minimum absolute atomic E-state index is 0.0203. The quantitative estimate of drug-likeness (QED) is 0.602. The van der Waals surface area contributed by atoms with Crippen molar-refractivity contribution < 1.29 is 4.79 Å². The summed E-state index contributed by atoms with van der Waals surface area (Å²) in [5, 5.41) is 6.68. The second kappa shape index (κ2) is 8.47. The van der Waals surface area contributed by atoms with Gasteiger partial charge in [0.2, 0.25) is 5.91 Å². The highest BCUT2D eigenvalue weighted by atomic mass is 35.5. The average molecular weight is 385 g/mol.